The Bertz CT molecular complexity index is 863. The van der Waals surface area contributed by atoms with Gasteiger partial charge in [-0.25, -0.2) is 0 Å². The van der Waals surface area contributed by atoms with E-state index in [1.165, 1.54) is 23.8 Å². The third-order valence-electron chi connectivity index (χ3n) is 3.33. The van der Waals surface area contributed by atoms with Crippen LogP contribution in [0.15, 0.2) is 40.9 Å². The van der Waals surface area contributed by atoms with Crippen LogP contribution in [0.25, 0.3) is 22.9 Å². The first-order valence-corrected chi connectivity index (χ1v) is 8.34. The number of carbonyl (C=O) groups is 1. The summed E-state index contributed by atoms with van der Waals surface area (Å²) in [5.74, 6) is 0.966. The zero-order chi connectivity index (χ0) is 16.9. The van der Waals surface area contributed by atoms with Crippen LogP contribution in [-0.2, 0) is 11.3 Å². The molecule has 0 unspecified atom stereocenters. The number of benzene rings is 1. The number of thiophene rings is 1. The molecular formula is C18H17N3O2S. The minimum Gasteiger partial charge on any atom is -0.351 e. The maximum Gasteiger partial charge on any atom is 0.250 e. The van der Waals surface area contributed by atoms with Gasteiger partial charge in [0.15, 0.2) is 0 Å². The van der Waals surface area contributed by atoms with E-state index in [4.69, 9.17) is 4.52 Å². The van der Waals surface area contributed by atoms with Gasteiger partial charge in [0.05, 0.1) is 11.4 Å². The van der Waals surface area contributed by atoms with Crippen molar-refractivity contribution in [1.82, 2.24) is 15.5 Å². The van der Waals surface area contributed by atoms with Gasteiger partial charge >= 0.3 is 0 Å². The van der Waals surface area contributed by atoms with Crippen LogP contribution in [0.3, 0.4) is 0 Å². The van der Waals surface area contributed by atoms with Crippen LogP contribution in [0, 0.1) is 6.92 Å². The average Bonchev–Trinajstić information content (AvgIpc) is 3.21. The highest BCUT2D eigenvalue weighted by atomic mass is 32.1. The van der Waals surface area contributed by atoms with E-state index in [-0.39, 0.29) is 5.91 Å². The number of nitrogens with one attached hydrogen (secondary N) is 1. The summed E-state index contributed by atoms with van der Waals surface area (Å²) >= 11 is 1.53. The second-order valence-electron chi connectivity index (χ2n) is 5.38. The normalized spacial score (nSPS) is 11.1. The highest BCUT2D eigenvalue weighted by Gasteiger charge is 2.10. The van der Waals surface area contributed by atoms with Crippen molar-refractivity contribution in [1.29, 1.82) is 0 Å². The van der Waals surface area contributed by atoms with Gasteiger partial charge in [0, 0.05) is 17.9 Å². The lowest BCUT2D eigenvalue weighted by Gasteiger charge is -1.96. The summed E-state index contributed by atoms with van der Waals surface area (Å²) in [6.07, 6.45) is 3.74. The van der Waals surface area contributed by atoms with Crippen LogP contribution in [0.2, 0.25) is 0 Å². The molecule has 1 N–H and O–H groups in total. The Balaban J connectivity index is 1.69. The van der Waals surface area contributed by atoms with Gasteiger partial charge in [0.1, 0.15) is 0 Å². The minimum absolute atomic E-state index is 0.0481. The van der Waals surface area contributed by atoms with Crippen molar-refractivity contribution in [3.05, 3.63) is 58.3 Å². The van der Waals surface area contributed by atoms with Gasteiger partial charge in [0.25, 0.3) is 5.89 Å². The second-order valence-corrected chi connectivity index (χ2v) is 6.54. The summed E-state index contributed by atoms with van der Waals surface area (Å²) in [5.41, 5.74) is 2.30. The van der Waals surface area contributed by atoms with Gasteiger partial charge in [-0.1, -0.05) is 35.0 Å². The van der Waals surface area contributed by atoms with Crippen molar-refractivity contribution in [3.63, 3.8) is 0 Å². The highest BCUT2D eigenvalue weighted by molar-refractivity contribution is 7.15. The smallest absolute Gasteiger partial charge is 0.250 e. The Morgan fingerprint density at radius 2 is 2.00 bits per heavy atom. The van der Waals surface area contributed by atoms with Gasteiger partial charge in [0.2, 0.25) is 11.7 Å². The van der Waals surface area contributed by atoms with E-state index in [1.807, 2.05) is 30.3 Å². The summed E-state index contributed by atoms with van der Waals surface area (Å²) < 4.78 is 5.26. The fourth-order valence-electron chi connectivity index (χ4n) is 2.05. The molecule has 2 heterocycles. The van der Waals surface area contributed by atoms with Gasteiger partial charge in [-0.2, -0.15) is 4.98 Å². The van der Waals surface area contributed by atoms with E-state index >= 15 is 0 Å². The van der Waals surface area contributed by atoms with E-state index in [2.05, 4.69) is 34.5 Å². The third-order valence-corrected chi connectivity index (χ3v) is 4.41. The Labute approximate surface area is 144 Å². The Morgan fingerprint density at radius 3 is 2.75 bits per heavy atom. The summed E-state index contributed by atoms with van der Waals surface area (Å²) in [7, 11) is 0. The molecule has 24 heavy (non-hydrogen) atoms. The summed E-state index contributed by atoms with van der Waals surface area (Å²) in [4.78, 5) is 17.3. The van der Waals surface area contributed by atoms with E-state index in [0.29, 0.717) is 18.3 Å². The summed E-state index contributed by atoms with van der Waals surface area (Å²) in [6.45, 7) is 4.07. The van der Waals surface area contributed by atoms with Crippen molar-refractivity contribution in [2.75, 3.05) is 0 Å². The number of aryl methyl sites for hydroxylation is 1. The number of hydrogen-bond donors (Lipinski definition) is 1. The Hall–Kier alpha value is -2.73. The monoisotopic (exact) mass is 339 g/mol. The van der Waals surface area contributed by atoms with E-state index in [1.54, 1.807) is 6.08 Å². The average molecular weight is 339 g/mol. The van der Waals surface area contributed by atoms with Crippen molar-refractivity contribution >= 4 is 29.4 Å². The molecule has 0 saturated carbocycles. The van der Waals surface area contributed by atoms with E-state index in [0.717, 1.165) is 15.3 Å². The molecule has 6 heteroatoms. The Kier molecular flexibility index (Phi) is 4.86. The molecule has 5 nitrogen and oxygen atoms in total. The number of carbonyl (C=O) groups excluding carboxylic acids is 1. The van der Waals surface area contributed by atoms with Crippen LogP contribution in [0.5, 0.6) is 0 Å². The molecular weight excluding hydrogens is 322 g/mol. The second kappa shape index (κ2) is 7.23. The van der Waals surface area contributed by atoms with Gasteiger partial charge < -0.3 is 9.84 Å². The fraction of sp³-hybridized carbons (Fsp3) is 0.167. The lowest BCUT2D eigenvalue weighted by atomic mass is 10.1. The van der Waals surface area contributed by atoms with Crippen LogP contribution in [-0.4, -0.2) is 16.0 Å². The standard InChI is InChI=1S/C18H17N3O2S/c1-12-3-5-14(6-4-12)7-10-17-20-18(21-23-17)16-9-8-15(24-16)11-19-13(2)22/h3-10H,11H2,1-2H3,(H,19,22)/b10-7+. The van der Waals surface area contributed by atoms with Crippen LogP contribution >= 0.6 is 11.3 Å². The molecule has 0 bridgehead atoms. The minimum atomic E-state index is -0.0481. The predicted molar refractivity (Wildman–Crippen MR) is 95.2 cm³/mol. The maximum atomic E-state index is 11.0. The molecule has 0 spiro atoms. The van der Waals surface area contributed by atoms with E-state index < -0.39 is 0 Å². The van der Waals surface area contributed by atoms with Crippen LogP contribution in [0.4, 0.5) is 0 Å². The SMILES string of the molecule is CC(=O)NCc1ccc(-c2noc(/C=C/c3ccc(C)cc3)n2)s1. The maximum absolute atomic E-state index is 11.0. The first-order chi connectivity index (χ1) is 11.6. The Morgan fingerprint density at radius 1 is 1.21 bits per heavy atom. The zero-order valence-corrected chi connectivity index (χ0v) is 14.3. The third kappa shape index (κ3) is 4.17. The van der Waals surface area contributed by atoms with Crippen molar-refractivity contribution < 1.29 is 9.32 Å². The van der Waals surface area contributed by atoms with Crippen molar-refractivity contribution in [2.45, 2.75) is 20.4 Å². The van der Waals surface area contributed by atoms with Gasteiger partial charge in [-0.05, 0) is 30.7 Å². The largest absolute Gasteiger partial charge is 0.351 e. The van der Waals surface area contributed by atoms with Crippen LogP contribution in [0.1, 0.15) is 28.8 Å². The predicted octanol–water partition coefficient (Wildman–Crippen LogP) is 3.91. The lowest BCUT2D eigenvalue weighted by molar-refractivity contribution is -0.119. The molecule has 2 aromatic heterocycles. The molecule has 0 aliphatic rings. The molecule has 0 aliphatic carbocycles. The number of aromatic nitrogens is 2. The molecule has 122 valence electrons. The van der Waals surface area contributed by atoms with Crippen molar-refractivity contribution in [2.24, 2.45) is 0 Å². The highest BCUT2D eigenvalue weighted by Crippen LogP contribution is 2.26. The number of amides is 1. The topological polar surface area (TPSA) is 68.0 Å². The summed E-state index contributed by atoms with van der Waals surface area (Å²) in [5, 5.41) is 6.78. The number of rotatable bonds is 5. The molecule has 3 rings (SSSR count). The molecule has 1 aromatic carbocycles. The van der Waals surface area contributed by atoms with Gasteiger partial charge in [-0.15, -0.1) is 11.3 Å². The lowest BCUT2D eigenvalue weighted by Crippen LogP contribution is -2.17. The molecule has 0 fully saturated rings. The molecule has 0 atom stereocenters. The first kappa shape index (κ1) is 16.1. The zero-order valence-electron chi connectivity index (χ0n) is 13.4. The first-order valence-electron chi connectivity index (χ1n) is 7.52. The molecule has 0 aliphatic heterocycles. The molecule has 0 radical (unpaired) electrons. The molecule has 1 amide bonds. The van der Waals surface area contributed by atoms with Crippen molar-refractivity contribution in [3.8, 4) is 10.7 Å². The summed E-state index contributed by atoms with van der Waals surface area (Å²) in [6, 6.07) is 12.1. The number of hydrogen-bond acceptors (Lipinski definition) is 5. The fourth-order valence-corrected chi connectivity index (χ4v) is 2.93. The molecule has 3 aromatic rings. The van der Waals surface area contributed by atoms with E-state index in [9.17, 15) is 4.79 Å². The van der Waals surface area contributed by atoms with Crippen LogP contribution < -0.4 is 5.32 Å². The molecule has 0 saturated heterocycles. The number of nitrogens with zero attached hydrogens (tertiary/aromatic N) is 2. The van der Waals surface area contributed by atoms with Gasteiger partial charge in [-0.3, -0.25) is 4.79 Å². The quantitative estimate of drug-likeness (QED) is 0.765.